The number of carboxylic acids is 1. The van der Waals surface area contributed by atoms with Gasteiger partial charge in [-0.25, -0.2) is 0 Å². The summed E-state index contributed by atoms with van der Waals surface area (Å²) in [5.41, 5.74) is 2.74. The fourth-order valence-corrected chi connectivity index (χ4v) is 4.21. The molecule has 5 nitrogen and oxygen atoms in total. The van der Waals surface area contributed by atoms with Gasteiger partial charge in [0.25, 0.3) is 5.91 Å². The van der Waals surface area contributed by atoms with E-state index in [2.05, 4.69) is 0 Å². The van der Waals surface area contributed by atoms with Crippen molar-refractivity contribution in [1.82, 2.24) is 4.90 Å². The Morgan fingerprint density at radius 1 is 1.00 bits per heavy atom. The zero-order chi connectivity index (χ0) is 25.6. The van der Waals surface area contributed by atoms with Crippen LogP contribution in [0.2, 0.25) is 0 Å². The number of alkyl halides is 3. The number of hydrogen-bond acceptors (Lipinski definition) is 4. The molecule has 1 amide bonds. The van der Waals surface area contributed by atoms with Crippen LogP contribution in [0.15, 0.2) is 71.6 Å². The predicted molar refractivity (Wildman–Crippen MR) is 128 cm³/mol. The molecular weight excluding hydrogens is 479 g/mol. The molecule has 0 heterocycles. The lowest BCUT2D eigenvalue weighted by Crippen LogP contribution is -2.35. The van der Waals surface area contributed by atoms with Gasteiger partial charge in [0.2, 0.25) is 0 Å². The van der Waals surface area contributed by atoms with Gasteiger partial charge < -0.3 is 14.7 Å². The SMILES string of the molecule is Cc1cc(SCc2cccc(-c3ccc(C(F)(F)F)cc3)c2)ccc1OCC(=O)N(C)CC(=O)O. The molecule has 0 unspecified atom stereocenters. The Morgan fingerprint density at radius 2 is 1.71 bits per heavy atom. The number of aryl methyl sites for hydroxylation is 1. The first kappa shape index (κ1) is 26.2. The van der Waals surface area contributed by atoms with Crippen LogP contribution in [-0.2, 0) is 21.5 Å². The molecule has 184 valence electrons. The summed E-state index contributed by atoms with van der Waals surface area (Å²) >= 11 is 1.60. The topological polar surface area (TPSA) is 66.8 Å². The van der Waals surface area contributed by atoms with E-state index >= 15 is 0 Å². The van der Waals surface area contributed by atoms with Crippen LogP contribution in [0, 0.1) is 6.92 Å². The number of thioether (sulfide) groups is 1. The van der Waals surface area contributed by atoms with Crippen molar-refractivity contribution in [2.75, 3.05) is 20.2 Å². The molecule has 0 aromatic heterocycles. The van der Waals surface area contributed by atoms with Crippen molar-refractivity contribution in [2.45, 2.75) is 23.7 Å². The van der Waals surface area contributed by atoms with Crippen LogP contribution in [0.4, 0.5) is 13.2 Å². The monoisotopic (exact) mass is 503 g/mol. The van der Waals surface area contributed by atoms with Gasteiger partial charge in [-0.2, -0.15) is 13.2 Å². The second-order valence-electron chi connectivity index (χ2n) is 7.92. The summed E-state index contributed by atoms with van der Waals surface area (Å²) in [5.74, 6) is -0.329. The number of ether oxygens (including phenoxy) is 1. The molecule has 3 aromatic carbocycles. The molecule has 0 aliphatic heterocycles. The van der Waals surface area contributed by atoms with E-state index in [0.717, 1.165) is 38.6 Å². The van der Waals surface area contributed by atoms with Crippen LogP contribution in [0.25, 0.3) is 11.1 Å². The highest BCUT2D eigenvalue weighted by atomic mass is 32.2. The molecule has 3 rings (SSSR count). The molecule has 0 spiro atoms. The van der Waals surface area contributed by atoms with Crippen LogP contribution in [-0.4, -0.2) is 42.1 Å². The first-order chi connectivity index (χ1) is 16.5. The Balaban J connectivity index is 1.59. The Hall–Kier alpha value is -3.46. The van der Waals surface area contributed by atoms with Crippen molar-refractivity contribution in [2.24, 2.45) is 0 Å². The Labute approximate surface area is 205 Å². The highest BCUT2D eigenvalue weighted by Crippen LogP contribution is 2.32. The summed E-state index contributed by atoms with van der Waals surface area (Å²) in [6.07, 6.45) is -4.36. The van der Waals surface area contributed by atoms with Gasteiger partial charge in [0.05, 0.1) is 5.56 Å². The molecule has 9 heteroatoms. The number of benzene rings is 3. The van der Waals surface area contributed by atoms with Gasteiger partial charge in [-0.15, -0.1) is 11.8 Å². The highest BCUT2D eigenvalue weighted by molar-refractivity contribution is 7.98. The normalized spacial score (nSPS) is 11.2. The molecule has 0 saturated heterocycles. The maximum absolute atomic E-state index is 12.8. The first-order valence-electron chi connectivity index (χ1n) is 10.6. The number of hydrogen-bond donors (Lipinski definition) is 1. The van der Waals surface area contributed by atoms with Gasteiger partial charge in [0.15, 0.2) is 6.61 Å². The Morgan fingerprint density at radius 3 is 2.34 bits per heavy atom. The minimum absolute atomic E-state index is 0.256. The molecule has 0 aliphatic rings. The zero-order valence-corrected chi connectivity index (χ0v) is 19.9. The van der Waals surface area contributed by atoms with E-state index in [1.54, 1.807) is 17.8 Å². The fraction of sp³-hybridized carbons (Fsp3) is 0.231. The molecule has 0 fully saturated rings. The molecule has 0 aliphatic carbocycles. The third kappa shape index (κ3) is 7.51. The van der Waals surface area contributed by atoms with E-state index in [-0.39, 0.29) is 6.61 Å². The summed E-state index contributed by atoms with van der Waals surface area (Å²) < 4.78 is 44.0. The number of aliphatic carboxylic acids is 1. The third-order valence-corrected chi connectivity index (χ3v) is 6.24. The van der Waals surface area contributed by atoms with E-state index in [1.807, 2.05) is 43.3 Å². The lowest BCUT2D eigenvalue weighted by molar-refractivity contribution is -0.144. The minimum Gasteiger partial charge on any atom is -0.483 e. The van der Waals surface area contributed by atoms with Crippen molar-refractivity contribution < 1.29 is 32.6 Å². The smallest absolute Gasteiger partial charge is 0.416 e. The molecule has 35 heavy (non-hydrogen) atoms. The number of likely N-dealkylation sites (N-methyl/N-ethyl adjacent to an activating group) is 1. The first-order valence-corrected chi connectivity index (χ1v) is 11.6. The number of nitrogens with zero attached hydrogens (tertiary/aromatic N) is 1. The molecule has 0 atom stereocenters. The summed E-state index contributed by atoms with van der Waals surface area (Å²) in [5, 5.41) is 8.76. The number of rotatable bonds is 9. The number of carboxylic acid groups (broad SMARTS) is 1. The van der Waals surface area contributed by atoms with Gasteiger partial charge >= 0.3 is 12.1 Å². The summed E-state index contributed by atoms with van der Waals surface area (Å²) in [7, 11) is 1.40. The number of carbonyl (C=O) groups is 2. The largest absolute Gasteiger partial charge is 0.483 e. The highest BCUT2D eigenvalue weighted by Gasteiger charge is 2.29. The van der Waals surface area contributed by atoms with Crippen molar-refractivity contribution in [3.63, 3.8) is 0 Å². The second-order valence-corrected chi connectivity index (χ2v) is 8.97. The average molecular weight is 504 g/mol. The van der Waals surface area contributed by atoms with E-state index in [9.17, 15) is 22.8 Å². The second kappa shape index (κ2) is 11.3. The van der Waals surface area contributed by atoms with E-state index < -0.39 is 30.2 Å². The van der Waals surface area contributed by atoms with Gasteiger partial charge in [-0.1, -0.05) is 36.4 Å². The standard InChI is InChI=1S/C26H24F3NO4S/c1-17-12-22(10-11-23(17)34-15-24(31)30(2)14-25(32)33)35-16-18-4-3-5-20(13-18)19-6-8-21(9-7-19)26(27,28)29/h3-13H,14-16H2,1-2H3,(H,32,33). The maximum atomic E-state index is 12.8. The van der Waals surface area contributed by atoms with E-state index in [1.165, 1.54) is 19.2 Å². The summed E-state index contributed by atoms with van der Waals surface area (Å²) in [4.78, 5) is 24.7. The van der Waals surface area contributed by atoms with Gasteiger partial charge in [-0.05, 0) is 59.5 Å². The van der Waals surface area contributed by atoms with Gasteiger partial charge in [-0.3, -0.25) is 9.59 Å². The lowest BCUT2D eigenvalue weighted by atomic mass is 10.0. The fourth-order valence-electron chi connectivity index (χ4n) is 3.27. The molecule has 0 saturated carbocycles. The third-order valence-electron chi connectivity index (χ3n) is 5.17. The summed E-state index contributed by atoms with van der Waals surface area (Å²) in [6, 6.07) is 18.4. The van der Waals surface area contributed by atoms with Gasteiger partial charge in [0.1, 0.15) is 12.3 Å². The van der Waals surface area contributed by atoms with Crippen molar-refractivity contribution in [3.05, 3.63) is 83.4 Å². The van der Waals surface area contributed by atoms with Crippen molar-refractivity contribution in [1.29, 1.82) is 0 Å². The maximum Gasteiger partial charge on any atom is 0.416 e. The van der Waals surface area contributed by atoms with Crippen LogP contribution in [0.1, 0.15) is 16.7 Å². The van der Waals surface area contributed by atoms with Crippen molar-refractivity contribution >= 4 is 23.6 Å². The van der Waals surface area contributed by atoms with Crippen LogP contribution >= 0.6 is 11.8 Å². The quantitative estimate of drug-likeness (QED) is 0.369. The van der Waals surface area contributed by atoms with E-state index in [4.69, 9.17) is 9.84 Å². The number of carbonyl (C=O) groups excluding carboxylic acids is 1. The Kier molecular flexibility index (Phi) is 8.45. The van der Waals surface area contributed by atoms with E-state index in [0.29, 0.717) is 17.1 Å². The molecule has 3 aromatic rings. The number of amides is 1. The van der Waals surface area contributed by atoms with Crippen LogP contribution < -0.4 is 4.74 Å². The number of halogens is 3. The molecule has 0 bridgehead atoms. The lowest BCUT2D eigenvalue weighted by Gasteiger charge is -2.16. The Bertz CT molecular complexity index is 1200. The predicted octanol–water partition coefficient (Wildman–Crippen LogP) is 5.89. The molecule has 0 radical (unpaired) electrons. The van der Waals surface area contributed by atoms with Crippen LogP contribution in [0.5, 0.6) is 5.75 Å². The zero-order valence-electron chi connectivity index (χ0n) is 19.1. The van der Waals surface area contributed by atoms with Crippen molar-refractivity contribution in [3.8, 4) is 16.9 Å². The average Bonchev–Trinajstić information content (AvgIpc) is 2.81. The van der Waals surface area contributed by atoms with Gasteiger partial charge in [0, 0.05) is 17.7 Å². The van der Waals surface area contributed by atoms with Crippen LogP contribution in [0.3, 0.4) is 0 Å². The molecular formula is C26H24F3NO4S. The minimum atomic E-state index is -4.36. The molecule has 1 N–H and O–H groups in total. The summed E-state index contributed by atoms with van der Waals surface area (Å²) in [6.45, 7) is 1.21.